The number of rotatable bonds is 4. The number of nitrogens with one attached hydrogen (secondary N) is 1. The van der Waals surface area contributed by atoms with Gasteiger partial charge in [0.1, 0.15) is 0 Å². The van der Waals surface area contributed by atoms with Gasteiger partial charge in [-0.05, 0) is 44.1 Å². The van der Waals surface area contributed by atoms with Crippen molar-refractivity contribution in [3.05, 3.63) is 21.4 Å². The van der Waals surface area contributed by atoms with E-state index in [1.54, 1.807) is 11.3 Å². The predicted octanol–water partition coefficient (Wildman–Crippen LogP) is 2.24. The van der Waals surface area contributed by atoms with Crippen molar-refractivity contribution in [2.24, 2.45) is 5.41 Å². The minimum absolute atomic E-state index is 0.133. The van der Waals surface area contributed by atoms with E-state index in [9.17, 15) is 14.7 Å². The minimum atomic E-state index is -0.885. The lowest BCUT2D eigenvalue weighted by atomic mass is 9.80. The van der Waals surface area contributed by atoms with Crippen LogP contribution in [0.2, 0.25) is 0 Å². The van der Waals surface area contributed by atoms with Gasteiger partial charge in [-0.15, -0.1) is 11.3 Å². The Labute approximate surface area is 133 Å². The SMILES string of the molecule is O=C(NCC1(C(=O)O)CCOCC1)c1csc2c1CCCC2. The van der Waals surface area contributed by atoms with E-state index in [1.165, 1.54) is 16.9 Å². The van der Waals surface area contributed by atoms with Crippen LogP contribution in [0.15, 0.2) is 5.38 Å². The summed E-state index contributed by atoms with van der Waals surface area (Å²) in [6, 6.07) is 0. The number of amides is 1. The van der Waals surface area contributed by atoms with E-state index in [0.29, 0.717) is 26.1 Å². The van der Waals surface area contributed by atoms with Gasteiger partial charge in [0, 0.05) is 30.0 Å². The molecule has 1 fully saturated rings. The summed E-state index contributed by atoms with van der Waals surface area (Å²) in [6.07, 6.45) is 5.23. The molecule has 1 aliphatic heterocycles. The molecule has 2 N–H and O–H groups in total. The number of fused-ring (bicyclic) bond motifs is 1. The summed E-state index contributed by atoms with van der Waals surface area (Å²) in [5, 5.41) is 14.3. The fourth-order valence-corrected chi connectivity index (χ4v) is 4.38. The number of aryl methyl sites for hydroxylation is 1. The smallest absolute Gasteiger partial charge is 0.311 e. The molecule has 5 nitrogen and oxygen atoms in total. The van der Waals surface area contributed by atoms with Crippen molar-refractivity contribution in [2.45, 2.75) is 38.5 Å². The van der Waals surface area contributed by atoms with Crippen molar-refractivity contribution in [1.82, 2.24) is 5.32 Å². The van der Waals surface area contributed by atoms with Gasteiger partial charge in [0.25, 0.3) is 5.91 Å². The maximum Gasteiger partial charge on any atom is 0.311 e. The van der Waals surface area contributed by atoms with Crippen LogP contribution in [0.25, 0.3) is 0 Å². The van der Waals surface area contributed by atoms with Gasteiger partial charge in [-0.2, -0.15) is 0 Å². The van der Waals surface area contributed by atoms with Crippen LogP contribution < -0.4 is 5.32 Å². The average Bonchev–Trinajstić information content (AvgIpc) is 2.97. The lowest BCUT2D eigenvalue weighted by Gasteiger charge is -2.33. The quantitative estimate of drug-likeness (QED) is 0.891. The highest BCUT2D eigenvalue weighted by Crippen LogP contribution is 2.32. The Morgan fingerprint density at radius 1 is 1.27 bits per heavy atom. The summed E-state index contributed by atoms with van der Waals surface area (Å²) in [5.74, 6) is -0.977. The molecule has 1 aromatic rings. The predicted molar refractivity (Wildman–Crippen MR) is 83.4 cm³/mol. The Bertz CT molecular complexity index is 575. The number of ether oxygens (including phenoxy) is 1. The van der Waals surface area contributed by atoms with Gasteiger partial charge in [0.2, 0.25) is 0 Å². The zero-order valence-corrected chi connectivity index (χ0v) is 13.3. The van der Waals surface area contributed by atoms with Crippen LogP contribution in [0.4, 0.5) is 0 Å². The van der Waals surface area contributed by atoms with E-state index in [2.05, 4.69) is 5.32 Å². The molecular formula is C16H21NO4S. The molecule has 0 saturated carbocycles. The lowest BCUT2D eigenvalue weighted by molar-refractivity contribution is -0.154. The minimum Gasteiger partial charge on any atom is -0.481 e. The highest BCUT2D eigenvalue weighted by Gasteiger charge is 2.40. The lowest BCUT2D eigenvalue weighted by Crippen LogP contribution is -2.46. The molecule has 1 saturated heterocycles. The molecule has 1 amide bonds. The van der Waals surface area contributed by atoms with Crippen LogP contribution in [0.1, 0.15) is 46.5 Å². The molecule has 2 heterocycles. The fraction of sp³-hybridized carbons (Fsp3) is 0.625. The highest BCUT2D eigenvalue weighted by atomic mass is 32.1. The second-order valence-corrected chi connectivity index (χ2v) is 7.10. The van der Waals surface area contributed by atoms with Crippen LogP contribution in [0.3, 0.4) is 0 Å². The van der Waals surface area contributed by atoms with Crippen LogP contribution in [-0.4, -0.2) is 36.7 Å². The summed E-state index contributed by atoms with van der Waals surface area (Å²) >= 11 is 1.65. The van der Waals surface area contributed by atoms with Gasteiger partial charge in [-0.1, -0.05) is 0 Å². The van der Waals surface area contributed by atoms with Crippen molar-refractivity contribution in [1.29, 1.82) is 0 Å². The molecule has 1 aromatic heterocycles. The monoisotopic (exact) mass is 323 g/mol. The fourth-order valence-electron chi connectivity index (χ4n) is 3.26. The van der Waals surface area contributed by atoms with E-state index in [1.807, 2.05) is 5.38 Å². The van der Waals surface area contributed by atoms with Gasteiger partial charge in [-0.3, -0.25) is 9.59 Å². The summed E-state index contributed by atoms with van der Waals surface area (Å²) in [6.45, 7) is 1.06. The van der Waals surface area contributed by atoms with E-state index in [-0.39, 0.29) is 12.5 Å². The average molecular weight is 323 g/mol. The first-order valence-electron chi connectivity index (χ1n) is 7.81. The standard InChI is InChI=1S/C16H21NO4S/c18-14(12-9-22-13-4-2-1-3-11(12)13)17-10-16(15(19)20)5-7-21-8-6-16/h9H,1-8,10H2,(H,17,18)(H,19,20). The zero-order chi connectivity index (χ0) is 15.6. The van der Waals surface area contributed by atoms with E-state index in [0.717, 1.165) is 24.8 Å². The summed E-state index contributed by atoms with van der Waals surface area (Å²) in [7, 11) is 0. The van der Waals surface area contributed by atoms with Gasteiger partial charge in [-0.25, -0.2) is 0 Å². The number of carboxylic acid groups (broad SMARTS) is 1. The van der Waals surface area contributed by atoms with Crippen molar-refractivity contribution in [3.8, 4) is 0 Å². The van der Waals surface area contributed by atoms with E-state index >= 15 is 0 Å². The van der Waals surface area contributed by atoms with Crippen molar-refractivity contribution >= 4 is 23.2 Å². The Morgan fingerprint density at radius 2 is 2.00 bits per heavy atom. The van der Waals surface area contributed by atoms with Crippen molar-refractivity contribution in [3.63, 3.8) is 0 Å². The first-order chi connectivity index (χ1) is 10.6. The molecule has 0 unspecified atom stereocenters. The van der Waals surface area contributed by atoms with E-state index < -0.39 is 11.4 Å². The van der Waals surface area contributed by atoms with Crippen LogP contribution in [-0.2, 0) is 22.4 Å². The first kappa shape index (κ1) is 15.5. The molecule has 0 atom stereocenters. The summed E-state index contributed by atoms with van der Waals surface area (Å²) < 4.78 is 5.25. The molecular weight excluding hydrogens is 302 g/mol. The third kappa shape index (κ3) is 2.90. The number of thiophene rings is 1. The number of carboxylic acids is 1. The molecule has 0 spiro atoms. The Morgan fingerprint density at radius 3 is 2.73 bits per heavy atom. The summed E-state index contributed by atoms with van der Waals surface area (Å²) in [4.78, 5) is 25.4. The van der Waals surface area contributed by atoms with Crippen molar-refractivity contribution in [2.75, 3.05) is 19.8 Å². The molecule has 2 aliphatic rings. The van der Waals surface area contributed by atoms with Crippen molar-refractivity contribution < 1.29 is 19.4 Å². The molecule has 1 aliphatic carbocycles. The number of hydrogen-bond acceptors (Lipinski definition) is 4. The maximum absolute atomic E-state index is 12.5. The molecule has 6 heteroatoms. The Hall–Kier alpha value is -1.40. The Kier molecular flexibility index (Phi) is 4.49. The van der Waals surface area contributed by atoms with Gasteiger partial charge in [0.15, 0.2) is 0 Å². The molecule has 0 aromatic carbocycles. The van der Waals surface area contributed by atoms with Gasteiger partial charge >= 0.3 is 5.97 Å². The first-order valence-corrected chi connectivity index (χ1v) is 8.69. The molecule has 3 rings (SSSR count). The molecule has 0 bridgehead atoms. The molecule has 0 radical (unpaired) electrons. The van der Waals surface area contributed by atoms with Crippen LogP contribution in [0, 0.1) is 5.41 Å². The third-order valence-electron chi connectivity index (χ3n) is 4.80. The normalized spacial score (nSPS) is 20.2. The van der Waals surface area contributed by atoms with E-state index in [4.69, 9.17) is 4.74 Å². The maximum atomic E-state index is 12.5. The molecule has 120 valence electrons. The van der Waals surface area contributed by atoms with Gasteiger partial charge in [0.05, 0.1) is 11.0 Å². The molecule has 22 heavy (non-hydrogen) atoms. The van der Waals surface area contributed by atoms with Gasteiger partial charge < -0.3 is 15.2 Å². The largest absolute Gasteiger partial charge is 0.481 e. The van der Waals surface area contributed by atoms with Crippen LogP contribution in [0.5, 0.6) is 0 Å². The number of hydrogen-bond donors (Lipinski definition) is 2. The topological polar surface area (TPSA) is 75.6 Å². The second-order valence-electron chi connectivity index (χ2n) is 6.14. The number of aliphatic carboxylic acids is 1. The second kappa shape index (κ2) is 6.38. The highest BCUT2D eigenvalue weighted by molar-refractivity contribution is 7.10. The summed E-state index contributed by atoms with van der Waals surface area (Å²) in [5.41, 5.74) is 1.03. The Balaban J connectivity index is 1.69. The number of carbonyl (C=O) groups excluding carboxylic acids is 1. The third-order valence-corrected chi connectivity index (χ3v) is 5.89. The number of carbonyl (C=O) groups is 2. The zero-order valence-electron chi connectivity index (χ0n) is 12.5. The van der Waals surface area contributed by atoms with Crippen LogP contribution >= 0.6 is 11.3 Å².